The summed E-state index contributed by atoms with van der Waals surface area (Å²) in [4.78, 5) is 26.1. The van der Waals surface area contributed by atoms with Crippen molar-refractivity contribution in [3.63, 3.8) is 0 Å². The van der Waals surface area contributed by atoms with Crippen LogP contribution in [0.2, 0.25) is 10.0 Å². The van der Waals surface area contributed by atoms with Gasteiger partial charge < -0.3 is 10.2 Å². The first kappa shape index (κ1) is 23.0. The molecule has 31 heavy (non-hydrogen) atoms. The Labute approximate surface area is 190 Å². The SMILES string of the molecule is N#Cc1ccccc1S(=O)(=O)N1CCN(C(=O)CNC(=O)c2ccc(Cl)cc2Cl)CC1. The van der Waals surface area contributed by atoms with Gasteiger partial charge in [-0.2, -0.15) is 9.57 Å². The van der Waals surface area contributed by atoms with E-state index in [1.54, 1.807) is 12.1 Å². The van der Waals surface area contributed by atoms with E-state index in [-0.39, 0.29) is 59.7 Å². The molecule has 162 valence electrons. The summed E-state index contributed by atoms with van der Waals surface area (Å²) in [6, 6.07) is 12.3. The van der Waals surface area contributed by atoms with Gasteiger partial charge in [0.05, 0.1) is 27.6 Å². The Balaban J connectivity index is 1.57. The van der Waals surface area contributed by atoms with Gasteiger partial charge in [-0.3, -0.25) is 9.59 Å². The van der Waals surface area contributed by atoms with Crippen molar-refractivity contribution in [2.24, 2.45) is 0 Å². The lowest BCUT2D eigenvalue weighted by atomic mass is 10.2. The number of rotatable bonds is 5. The summed E-state index contributed by atoms with van der Waals surface area (Å²) >= 11 is 11.8. The van der Waals surface area contributed by atoms with Crippen LogP contribution < -0.4 is 5.32 Å². The van der Waals surface area contributed by atoms with E-state index in [0.29, 0.717) is 5.02 Å². The van der Waals surface area contributed by atoms with Gasteiger partial charge >= 0.3 is 0 Å². The van der Waals surface area contributed by atoms with E-state index < -0.39 is 15.9 Å². The van der Waals surface area contributed by atoms with Gasteiger partial charge in [0.25, 0.3) is 5.91 Å². The highest BCUT2D eigenvalue weighted by Gasteiger charge is 2.31. The van der Waals surface area contributed by atoms with Crippen molar-refractivity contribution in [1.29, 1.82) is 5.26 Å². The molecule has 2 amide bonds. The Kier molecular flexibility index (Phi) is 7.18. The van der Waals surface area contributed by atoms with E-state index >= 15 is 0 Å². The van der Waals surface area contributed by atoms with E-state index in [1.165, 1.54) is 39.5 Å². The number of nitrogens with zero attached hydrogens (tertiary/aromatic N) is 3. The van der Waals surface area contributed by atoms with Gasteiger partial charge in [-0.15, -0.1) is 0 Å². The third kappa shape index (κ3) is 5.17. The lowest BCUT2D eigenvalue weighted by Gasteiger charge is -2.34. The highest BCUT2D eigenvalue weighted by atomic mass is 35.5. The molecular weight excluding hydrogens is 463 g/mol. The van der Waals surface area contributed by atoms with Crippen LogP contribution in [0.4, 0.5) is 0 Å². The Morgan fingerprint density at radius 1 is 1.06 bits per heavy atom. The summed E-state index contributed by atoms with van der Waals surface area (Å²) in [7, 11) is -3.85. The number of carbonyl (C=O) groups excluding carboxylic acids is 2. The smallest absolute Gasteiger partial charge is 0.253 e. The molecule has 3 rings (SSSR count). The number of piperazine rings is 1. The molecule has 0 aliphatic carbocycles. The summed E-state index contributed by atoms with van der Waals surface area (Å²) in [6.07, 6.45) is 0. The number of nitrogens with one attached hydrogen (secondary N) is 1. The number of amides is 2. The molecule has 0 bridgehead atoms. The zero-order valence-electron chi connectivity index (χ0n) is 16.2. The molecule has 0 unspecified atom stereocenters. The second-order valence-electron chi connectivity index (χ2n) is 6.70. The number of halogens is 2. The largest absolute Gasteiger partial charge is 0.343 e. The average Bonchev–Trinajstić information content (AvgIpc) is 2.77. The molecule has 1 aliphatic heterocycles. The molecule has 0 spiro atoms. The topological polar surface area (TPSA) is 111 Å². The molecule has 1 fully saturated rings. The second kappa shape index (κ2) is 9.66. The van der Waals surface area contributed by atoms with Crippen LogP contribution in [0.1, 0.15) is 15.9 Å². The van der Waals surface area contributed by atoms with Crippen LogP contribution in [0.25, 0.3) is 0 Å². The predicted molar refractivity (Wildman–Crippen MR) is 115 cm³/mol. The quantitative estimate of drug-likeness (QED) is 0.704. The molecule has 2 aromatic rings. The molecule has 0 atom stereocenters. The fourth-order valence-electron chi connectivity index (χ4n) is 3.14. The lowest BCUT2D eigenvalue weighted by Crippen LogP contribution is -2.52. The lowest BCUT2D eigenvalue weighted by molar-refractivity contribution is -0.131. The highest BCUT2D eigenvalue weighted by Crippen LogP contribution is 2.22. The molecular formula is C20H18Cl2N4O4S. The Morgan fingerprint density at radius 3 is 2.39 bits per heavy atom. The van der Waals surface area contributed by atoms with Gasteiger partial charge in [0.1, 0.15) is 6.07 Å². The maximum Gasteiger partial charge on any atom is 0.253 e. The zero-order chi connectivity index (χ0) is 22.6. The van der Waals surface area contributed by atoms with E-state index in [1.807, 2.05) is 6.07 Å². The zero-order valence-corrected chi connectivity index (χ0v) is 18.5. The van der Waals surface area contributed by atoms with Gasteiger partial charge in [0.2, 0.25) is 15.9 Å². The van der Waals surface area contributed by atoms with Gasteiger partial charge in [-0.25, -0.2) is 8.42 Å². The standard InChI is InChI=1S/C20H18Cl2N4O4S/c21-15-5-6-16(17(22)11-15)20(28)24-13-19(27)25-7-9-26(10-8-25)31(29,30)18-4-2-1-3-14(18)12-23/h1-6,11H,7-10,13H2,(H,24,28). The summed E-state index contributed by atoms with van der Waals surface area (Å²) in [5, 5.41) is 12.3. The minimum Gasteiger partial charge on any atom is -0.343 e. The van der Waals surface area contributed by atoms with Crippen molar-refractivity contribution >= 4 is 45.0 Å². The summed E-state index contributed by atoms with van der Waals surface area (Å²) < 4.78 is 27.0. The average molecular weight is 481 g/mol. The number of hydrogen-bond acceptors (Lipinski definition) is 5. The van der Waals surface area contributed by atoms with Gasteiger partial charge in [0, 0.05) is 31.2 Å². The van der Waals surface area contributed by atoms with Crippen molar-refractivity contribution in [1.82, 2.24) is 14.5 Å². The van der Waals surface area contributed by atoms with Crippen LogP contribution in [0, 0.1) is 11.3 Å². The third-order valence-corrected chi connectivity index (χ3v) is 7.30. The van der Waals surface area contributed by atoms with Crippen molar-refractivity contribution < 1.29 is 18.0 Å². The summed E-state index contributed by atoms with van der Waals surface area (Å²) in [5.41, 5.74) is 0.274. The maximum atomic E-state index is 12.9. The predicted octanol–water partition coefficient (Wildman–Crippen LogP) is 2.13. The third-order valence-electron chi connectivity index (χ3n) is 4.79. The number of carbonyl (C=O) groups is 2. The van der Waals surface area contributed by atoms with Crippen LogP contribution in [-0.4, -0.2) is 62.2 Å². The van der Waals surface area contributed by atoms with Gasteiger partial charge in [-0.05, 0) is 30.3 Å². The van der Waals surface area contributed by atoms with E-state index in [2.05, 4.69) is 5.32 Å². The highest BCUT2D eigenvalue weighted by molar-refractivity contribution is 7.89. The number of sulfonamides is 1. The molecule has 0 radical (unpaired) electrons. The molecule has 1 saturated heterocycles. The van der Waals surface area contributed by atoms with Crippen molar-refractivity contribution in [2.45, 2.75) is 4.90 Å². The first-order valence-electron chi connectivity index (χ1n) is 9.24. The van der Waals surface area contributed by atoms with E-state index in [0.717, 1.165) is 0 Å². The molecule has 2 aromatic carbocycles. The second-order valence-corrected chi connectivity index (χ2v) is 9.45. The maximum absolute atomic E-state index is 12.9. The molecule has 0 aromatic heterocycles. The molecule has 1 aliphatic rings. The first-order chi connectivity index (χ1) is 14.7. The van der Waals surface area contributed by atoms with Gasteiger partial charge in [0.15, 0.2) is 0 Å². The first-order valence-corrected chi connectivity index (χ1v) is 11.4. The Bertz CT molecular complexity index is 1160. The minimum absolute atomic E-state index is 0.0515. The molecule has 1 heterocycles. The van der Waals surface area contributed by atoms with E-state index in [4.69, 9.17) is 23.2 Å². The van der Waals surface area contributed by atoms with Crippen LogP contribution in [0.15, 0.2) is 47.4 Å². The number of benzene rings is 2. The van der Waals surface area contributed by atoms with Crippen LogP contribution in [0.5, 0.6) is 0 Å². The van der Waals surface area contributed by atoms with E-state index in [9.17, 15) is 23.3 Å². The van der Waals surface area contributed by atoms with Crippen molar-refractivity contribution in [2.75, 3.05) is 32.7 Å². The number of nitriles is 1. The Hall–Kier alpha value is -2.64. The fourth-order valence-corrected chi connectivity index (χ4v) is 5.20. The van der Waals surface area contributed by atoms with Crippen LogP contribution in [-0.2, 0) is 14.8 Å². The minimum atomic E-state index is -3.85. The summed E-state index contributed by atoms with van der Waals surface area (Å²) in [6.45, 7) is 0.270. The normalized spacial score (nSPS) is 14.7. The monoisotopic (exact) mass is 480 g/mol. The fraction of sp³-hybridized carbons (Fsp3) is 0.250. The van der Waals surface area contributed by atoms with Crippen LogP contribution in [0.3, 0.4) is 0 Å². The number of hydrogen-bond donors (Lipinski definition) is 1. The van der Waals surface area contributed by atoms with Crippen molar-refractivity contribution in [3.8, 4) is 6.07 Å². The molecule has 1 N–H and O–H groups in total. The van der Waals surface area contributed by atoms with Crippen molar-refractivity contribution in [3.05, 3.63) is 63.6 Å². The van der Waals surface area contributed by atoms with Gasteiger partial charge in [-0.1, -0.05) is 35.3 Å². The van der Waals surface area contributed by atoms with Crippen LogP contribution >= 0.6 is 23.2 Å². The Morgan fingerprint density at radius 2 is 1.74 bits per heavy atom. The molecule has 0 saturated carbocycles. The summed E-state index contributed by atoms with van der Waals surface area (Å²) in [5.74, 6) is -0.850. The molecule has 11 heteroatoms. The molecule has 8 nitrogen and oxygen atoms in total.